The topological polar surface area (TPSA) is 63.4 Å². The van der Waals surface area contributed by atoms with Crippen LogP contribution in [-0.2, 0) is 6.42 Å². The third-order valence-electron chi connectivity index (χ3n) is 5.47. The molecule has 2 bridgehead atoms. The number of thiazole rings is 1. The van der Waals surface area contributed by atoms with Crippen LogP contribution in [0.5, 0.6) is 5.75 Å². The molecule has 1 aromatic carbocycles. The number of halogens is 5. The van der Waals surface area contributed by atoms with Crippen LogP contribution in [0.1, 0.15) is 18.4 Å². The summed E-state index contributed by atoms with van der Waals surface area (Å²) in [6.45, 7) is 1.18. The van der Waals surface area contributed by atoms with E-state index in [4.69, 9.17) is 4.42 Å². The van der Waals surface area contributed by atoms with E-state index in [1.165, 1.54) is 17.4 Å². The van der Waals surface area contributed by atoms with Crippen molar-refractivity contribution < 1.29 is 31.1 Å². The fourth-order valence-electron chi connectivity index (χ4n) is 4.27. The van der Waals surface area contributed by atoms with Crippen molar-refractivity contribution in [1.29, 1.82) is 0 Å². The van der Waals surface area contributed by atoms with E-state index < -0.39 is 25.0 Å². The summed E-state index contributed by atoms with van der Waals surface area (Å²) in [5.74, 6) is -0.755. The predicted molar refractivity (Wildman–Crippen MR) is 104 cm³/mol. The molecule has 4 heterocycles. The van der Waals surface area contributed by atoms with Crippen LogP contribution >= 0.6 is 11.3 Å². The van der Waals surface area contributed by atoms with E-state index in [1.54, 1.807) is 10.9 Å². The monoisotopic (exact) mass is 460 g/mol. The average Bonchev–Trinajstić information content (AvgIpc) is 3.42. The molecule has 31 heavy (non-hydrogen) atoms. The lowest BCUT2D eigenvalue weighted by molar-refractivity contribution is -0.274. The van der Waals surface area contributed by atoms with Crippen molar-refractivity contribution in [2.45, 2.75) is 44.1 Å². The van der Waals surface area contributed by atoms with Gasteiger partial charge in [0.2, 0.25) is 6.43 Å². The molecule has 0 spiro atoms. The molecule has 2 aromatic heterocycles. The van der Waals surface area contributed by atoms with E-state index in [-0.39, 0.29) is 34.8 Å². The van der Waals surface area contributed by atoms with Gasteiger partial charge >= 0.3 is 6.36 Å². The summed E-state index contributed by atoms with van der Waals surface area (Å²) in [4.78, 5) is 10.3. The van der Waals surface area contributed by atoms with Crippen molar-refractivity contribution in [1.82, 2.24) is 15.3 Å². The highest BCUT2D eigenvalue weighted by Crippen LogP contribution is 2.42. The van der Waals surface area contributed by atoms with Crippen LogP contribution in [-0.4, -0.2) is 47.9 Å². The third-order valence-corrected chi connectivity index (χ3v) is 6.06. The molecule has 6 nitrogen and oxygen atoms in total. The summed E-state index contributed by atoms with van der Waals surface area (Å²) in [5.41, 5.74) is 1.75. The van der Waals surface area contributed by atoms with Gasteiger partial charge in [-0.05, 0) is 18.9 Å². The van der Waals surface area contributed by atoms with Crippen molar-refractivity contribution in [2.24, 2.45) is 0 Å². The maximum Gasteiger partial charge on any atom is 0.573 e. The molecule has 0 saturated carbocycles. The van der Waals surface area contributed by atoms with E-state index in [2.05, 4.69) is 20.0 Å². The fraction of sp³-hybridized carbons (Fsp3) is 0.474. The van der Waals surface area contributed by atoms with E-state index in [0.717, 1.165) is 12.8 Å². The zero-order valence-electron chi connectivity index (χ0n) is 16.0. The van der Waals surface area contributed by atoms with Crippen LogP contribution in [0.25, 0.3) is 22.4 Å². The Morgan fingerprint density at radius 2 is 2.00 bits per heavy atom. The number of oxazole rings is 1. The van der Waals surface area contributed by atoms with Crippen LogP contribution in [0.2, 0.25) is 0 Å². The second kappa shape index (κ2) is 7.59. The number of ether oxygens (including phenoxy) is 1. The first kappa shape index (κ1) is 20.4. The van der Waals surface area contributed by atoms with Crippen molar-refractivity contribution >= 4 is 28.5 Å². The molecule has 2 saturated heterocycles. The summed E-state index contributed by atoms with van der Waals surface area (Å²) in [6.07, 6.45) is -6.87. The maximum atomic E-state index is 13.2. The highest BCUT2D eigenvalue weighted by Gasteiger charge is 2.37. The van der Waals surface area contributed by atoms with Gasteiger partial charge in [-0.2, -0.15) is 4.98 Å². The number of hydrogen-bond acceptors (Lipinski definition) is 7. The lowest BCUT2D eigenvalue weighted by atomic mass is 10.0. The molecule has 0 aliphatic carbocycles. The van der Waals surface area contributed by atoms with Gasteiger partial charge in [-0.3, -0.25) is 0 Å². The highest BCUT2D eigenvalue weighted by atomic mass is 32.1. The molecule has 1 N–H and O–H groups in total. The number of fused-ring (bicyclic) bond motifs is 3. The standard InChI is InChI=1S/C19H17F5N4O2S/c20-14(21)4-9-3-12(13-7-31-8-25-13)17-15(16(9)30-19(22,23)24)27-18(29-17)28-5-10-1-2-11(6-28)26-10/h3,7-8,10-11,14,26H,1-2,4-6H2. The maximum absolute atomic E-state index is 13.2. The Labute approximate surface area is 177 Å². The van der Waals surface area contributed by atoms with E-state index in [1.807, 2.05) is 4.90 Å². The molecule has 2 aliphatic heterocycles. The van der Waals surface area contributed by atoms with Gasteiger partial charge < -0.3 is 19.4 Å². The molecule has 2 atom stereocenters. The van der Waals surface area contributed by atoms with E-state index in [9.17, 15) is 22.0 Å². The minimum absolute atomic E-state index is 0.0315. The SMILES string of the molecule is FC(F)Cc1cc(-c2cscn2)c2oc(N3CC4CCC(C3)N4)nc2c1OC(F)(F)F. The van der Waals surface area contributed by atoms with Crippen LogP contribution in [0.3, 0.4) is 0 Å². The largest absolute Gasteiger partial charge is 0.573 e. The smallest absolute Gasteiger partial charge is 0.423 e. The number of nitrogens with one attached hydrogen (secondary N) is 1. The molecule has 5 rings (SSSR count). The number of anilines is 1. The summed E-state index contributed by atoms with van der Waals surface area (Å²) in [6, 6.07) is 1.85. The molecule has 0 amide bonds. The van der Waals surface area contributed by atoms with Gasteiger partial charge in [0.25, 0.3) is 6.01 Å². The molecule has 2 unspecified atom stereocenters. The molecule has 166 valence electrons. The third kappa shape index (κ3) is 4.05. The highest BCUT2D eigenvalue weighted by molar-refractivity contribution is 7.07. The first-order valence-electron chi connectivity index (χ1n) is 9.66. The fourth-order valence-corrected chi connectivity index (χ4v) is 4.83. The Balaban J connectivity index is 1.68. The average molecular weight is 460 g/mol. The number of hydrogen-bond donors (Lipinski definition) is 1. The van der Waals surface area contributed by atoms with Crippen LogP contribution in [0.4, 0.5) is 28.0 Å². The van der Waals surface area contributed by atoms with Crippen molar-refractivity contribution in [3.63, 3.8) is 0 Å². The van der Waals surface area contributed by atoms with Crippen LogP contribution in [0, 0.1) is 0 Å². The van der Waals surface area contributed by atoms with Gasteiger partial charge in [-0.25, -0.2) is 13.8 Å². The van der Waals surface area contributed by atoms with Gasteiger partial charge in [-0.1, -0.05) is 0 Å². The van der Waals surface area contributed by atoms with Gasteiger partial charge in [0.05, 0.1) is 11.2 Å². The summed E-state index contributed by atoms with van der Waals surface area (Å²) >= 11 is 1.27. The van der Waals surface area contributed by atoms with Crippen LogP contribution in [0.15, 0.2) is 21.4 Å². The Morgan fingerprint density at radius 1 is 1.26 bits per heavy atom. The second-order valence-electron chi connectivity index (χ2n) is 7.65. The van der Waals surface area contributed by atoms with Crippen molar-refractivity contribution in [3.05, 3.63) is 22.5 Å². The Kier molecular flexibility index (Phi) is 5.00. The summed E-state index contributed by atoms with van der Waals surface area (Å²) in [7, 11) is 0. The lowest BCUT2D eigenvalue weighted by Gasteiger charge is -2.31. The summed E-state index contributed by atoms with van der Waals surface area (Å²) < 4.78 is 75.9. The van der Waals surface area contributed by atoms with Gasteiger partial charge in [0.15, 0.2) is 16.8 Å². The zero-order valence-corrected chi connectivity index (χ0v) is 16.8. The van der Waals surface area contributed by atoms with E-state index in [0.29, 0.717) is 24.3 Å². The number of rotatable bonds is 5. The zero-order chi connectivity index (χ0) is 21.8. The van der Waals surface area contributed by atoms with Crippen LogP contribution < -0.4 is 15.0 Å². The first-order valence-corrected chi connectivity index (χ1v) is 10.6. The minimum atomic E-state index is -5.07. The second-order valence-corrected chi connectivity index (χ2v) is 8.36. The molecule has 12 heteroatoms. The normalized spacial score (nSPS) is 21.4. The number of aromatic nitrogens is 2. The number of benzene rings is 1. The van der Waals surface area contributed by atoms with E-state index >= 15 is 0 Å². The molecule has 0 radical (unpaired) electrons. The van der Waals surface area contributed by atoms with Crippen molar-refractivity contribution in [3.8, 4) is 17.0 Å². The number of alkyl halides is 5. The molecule has 2 aliphatic rings. The minimum Gasteiger partial charge on any atom is -0.423 e. The summed E-state index contributed by atoms with van der Waals surface area (Å²) in [5, 5.41) is 5.12. The van der Waals surface area contributed by atoms with Gasteiger partial charge in [0, 0.05) is 48.1 Å². The molecular weight excluding hydrogens is 443 g/mol. The van der Waals surface area contributed by atoms with Gasteiger partial charge in [0.1, 0.15) is 0 Å². The Hall–Kier alpha value is -2.47. The van der Waals surface area contributed by atoms with Crippen molar-refractivity contribution in [2.75, 3.05) is 18.0 Å². The molecular formula is C19H17F5N4O2S. The number of piperazine rings is 1. The molecule has 3 aromatic rings. The van der Waals surface area contributed by atoms with Gasteiger partial charge in [-0.15, -0.1) is 24.5 Å². The lowest BCUT2D eigenvalue weighted by Crippen LogP contribution is -2.51. The number of nitrogens with zero attached hydrogens (tertiary/aromatic N) is 3. The molecule has 2 fully saturated rings. The predicted octanol–water partition coefficient (Wildman–Crippen LogP) is 4.60. The quantitative estimate of drug-likeness (QED) is 0.562. The Bertz CT molecular complexity index is 1070. The Morgan fingerprint density at radius 3 is 2.61 bits per heavy atom. The first-order chi connectivity index (χ1) is 14.8.